The SMILES string of the molecule is CC[C@H](C)S(N)(=O)=O. The van der Waals surface area contributed by atoms with Gasteiger partial charge in [-0.25, -0.2) is 13.6 Å². The van der Waals surface area contributed by atoms with E-state index >= 15 is 0 Å². The second kappa shape index (κ2) is 2.46. The summed E-state index contributed by atoms with van der Waals surface area (Å²) in [5.41, 5.74) is 0. The molecule has 0 saturated carbocycles. The van der Waals surface area contributed by atoms with Crippen LogP contribution in [0.2, 0.25) is 0 Å². The second-order valence-electron chi connectivity index (χ2n) is 1.81. The molecule has 0 amide bonds. The Morgan fingerprint density at radius 3 is 2.00 bits per heavy atom. The lowest BCUT2D eigenvalue weighted by molar-refractivity contribution is 0.583. The lowest BCUT2D eigenvalue weighted by Crippen LogP contribution is -2.24. The van der Waals surface area contributed by atoms with Crippen LogP contribution in [-0.4, -0.2) is 13.7 Å². The molecule has 0 unspecified atom stereocenters. The van der Waals surface area contributed by atoms with E-state index < -0.39 is 15.3 Å². The minimum absolute atomic E-state index is 0.400. The topological polar surface area (TPSA) is 60.2 Å². The number of hydrogen-bond donors (Lipinski definition) is 1. The van der Waals surface area contributed by atoms with Crippen molar-refractivity contribution in [3.05, 3.63) is 0 Å². The minimum atomic E-state index is -3.25. The van der Waals surface area contributed by atoms with Crippen LogP contribution in [0.5, 0.6) is 0 Å². The van der Waals surface area contributed by atoms with Gasteiger partial charge in [-0.3, -0.25) is 0 Å². The van der Waals surface area contributed by atoms with Gasteiger partial charge in [0.05, 0.1) is 5.25 Å². The summed E-state index contributed by atoms with van der Waals surface area (Å²) in [6.07, 6.45) is 0.582. The first-order chi connectivity index (χ1) is 3.48. The van der Waals surface area contributed by atoms with Crippen molar-refractivity contribution in [1.29, 1.82) is 0 Å². The molecule has 0 saturated heterocycles. The third kappa shape index (κ3) is 2.28. The average Bonchev–Trinajstić information content (AvgIpc) is 1.62. The molecule has 0 aliphatic rings. The number of sulfonamides is 1. The molecular formula is C4H11NO2S. The van der Waals surface area contributed by atoms with E-state index in [1.807, 2.05) is 0 Å². The zero-order valence-corrected chi connectivity index (χ0v) is 5.90. The van der Waals surface area contributed by atoms with Crippen LogP contribution in [0.3, 0.4) is 0 Å². The molecule has 0 fully saturated rings. The Labute approximate surface area is 49.9 Å². The van der Waals surface area contributed by atoms with E-state index in [1.165, 1.54) is 0 Å². The van der Waals surface area contributed by atoms with Gasteiger partial charge in [-0.2, -0.15) is 0 Å². The molecule has 3 nitrogen and oxygen atoms in total. The van der Waals surface area contributed by atoms with Gasteiger partial charge in [0.1, 0.15) is 0 Å². The number of rotatable bonds is 2. The summed E-state index contributed by atoms with van der Waals surface area (Å²) in [5.74, 6) is 0. The van der Waals surface area contributed by atoms with Gasteiger partial charge in [0.2, 0.25) is 10.0 Å². The Morgan fingerprint density at radius 2 is 2.00 bits per heavy atom. The predicted molar refractivity (Wildman–Crippen MR) is 32.9 cm³/mol. The van der Waals surface area contributed by atoms with Crippen LogP contribution in [0.1, 0.15) is 20.3 Å². The molecule has 2 N–H and O–H groups in total. The zero-order valence-electron chi connectivity index (χ0n) is 5.09. The number of hydrogen-bond acceptors (Lipinski definition) is 2. The van der Waals surface area contributed by atoms with Crippen LogP contribution < -0.4 is 5.14 Å². The maximum absolute atomic E-state index is 10.3. The molecule has 0 spiro atoms. The molecular weight excluding hydrogens is 126 g/mol. The fourth-order valence-corrected chi connectivity index (χ4v) is 0.697. The molecule has 0 aromatic heterocycles. The third-order valence-corrected chi connectivity index (χ3v) is 2.59. The second-order valence-corrected chi connectivity index (χ2v) is 3.79. The maximum atomic E-state index is 10.3. The highest BCUT2D eigenvalue weighted by Gasteiger charge is 2.11. The fraction of sp³-hybridized carbons (Fsp3) is 1.00. The van der Waals surface area contributed by atoms with E-state index in [1.54, 1.807) is 13.8 Å². The molecule has 0 radical (unpaired) electrons. The van der Waals surface area contributed by atoms with Gasteiger partial charge in [0, 0.05) is 0 Å². The van der Waals surface area contributed by atoms with Gasteiger partial charge in [-0.05, 0) is 13.3 Å². The van der Waals surface area contributed by atoms with Crippen molar-refractivity contribution in [2.24, 2.45) is 5.14 Å². The van der Waals surface area contributed by atoms with Crippen molar-refractivity contribution in [1.82, 2.24) is 0 Å². The molecule has 0 heterocycles. The van der Waals surface area contributed by atoms with E-state index in [9.17, 15) is 8.42 Å². The van der Waals surface area contributed by atoms with Crippen LogP contribution in [0.4, 0.5) is 0 Å². The van der Waals surface area contributed by atoms with Crippen LogP contribution in [0, 0.1) is 0 Å². The highest BCUT2D eigenvalue weighted by molar-refractivity contribution is 7.89. The van der Waals surface area contributed by atoms with Crippen LogP contribution in [-0.2, 0) is 10.0 Å². The molecule has 0 aromatic carbocycles. The van der Waals surface area contributed by atoms with Crippen molar-refractivity contribution in [2.45, 2.75) is 25.5 Å². The highest BCUT2D eigenvalue weighted by atomic mass is 32.2. The van der Waals surface area contributed by atoms with E-state index in [0.29, 0.717) is 6.42 Å². The van der Waals surface area contributed by atoms with E-state index in [2.05, 4.69) is 0 Å². The third-order valence-electron chi connectivity index (χ3n) is 1.14. The molecule has 1 atom stereocenters. The first kappa shape index (κ1) is 7.91. The Morgan fingerprint density at radius 1 is 1.62 bits per heavy atom. The zero-order chi connectivity index (χ0) is 6.78. The normalized spacial score (nSPS) is 15.9. The first-order valence-electron chi connectivity index (χ1n) is 2.50. The van der Waals surface area contributed by atoms with E-state index in [4.69, 9.17) is 5.14 Å². The van der Waals surface area contributed by atoms with E-state index in [0.717, 1.165) is 0 Å². The van der Waals surface area contributed by atoms with Crippen molar-refractivity contribution in [3.63, 3.8) is 0 Å². The maximum Gasteiger partial charge on any atom is 0.211 e. The number of nitrogens with two attached hydrogens (primary N) is 1. The van der Waals surface area contributed by atoms with Gasteiger partial charge < -0.3 is 0 Å². The lowest BCUT2D eigenvalue weighted by atomic mass is 10.4. The first-order valence-corrected chi connectivity index (χ1v) is 4.11. The summed E-state index contributed by atoms with van der Waals surface area (Å²) in [7, 11) is -3.25. The van der Waals surface area contributed by atoms with Crippen molar-refractivity contribution in [2.75, 3.05) is 0 Å². The molecule has 0 bridgehead atoms. The standard InChI is InChI=1S/C4H11NO2S/c1-3-4(2)8(5,6)7/h4H,3H2,1-2H3,(H2,5,6,7)/t4-/m0/s1. The van der Waals surface area contributed by atoms with Crippen LogP contribution in [0.15, 0.2) is 0 Å². The number of primary sulfonamides is 1. The quantitative estimate of drug-likeness (QED) is 0.585. The average molecular weight is 137 g/mol. The predicted octanol–water partition coefficient (Wildman–Crippen LogP) is 0.0734. The summed E-state index contributed by atoms with van der Waals surface area (Å²) < 4.78 is 20.7. The molecule has 0 aliphatic carbocycles. The smallest absolute Gasteiger partial charge is 0.211 e. The monoisotopic (exact) mass is 137 g/mol. The van der Waals surface area contributed by atoms with Gasteiger partial charge in [0.15, 0.2) is 0 Å². The van der Waals surface area contributed by atoms with Gasteiger partial charge in [-0.1, -0.05) is 6.92 Å². The Bertz CT molecular complexity index is 149. The van der Waals surface area contributed by atoms with E-state index in [-0.39, 0.29) is 0 Å². The molecule has 0 aliphatic heterocycles. The summed E-state index contributed by atoms with van der Waals surface area (Å²) >= 11 is 0. The molecule has 0 aromatic rings. The largest absolute Gasteiger partial charge is 0.228 e. The Kier molecular flexibility index (Phi) is 2.43. The molecule has 50 valence electrons. The summed E-state index contributed by atoms with van der Waals surface area (Å²) in [6.45, 7) is 3.38. The Balaban J connectivity index is 4.04. The highest BCUT2D eigenvalue weighted by Crippen LogP contribution is 1.97. The van der Waals surface area contributed by atoms with Crippen LogP contribution >= 0.6 is 0 Å². The van der Waals surface area contributed by atoms with Gasteiger partial charge in [0.25, 0.3) is 0 Å². The molecule has 0 rings (SSSR count). The summed E-state index contributed by atoms with van der Waals surface area (Å²) in [6, 6.07) is 0. The van der Waals surface area contributed by atoms with Gasteiger partial charge >= 0.3 is 0 Å². The fourth-order valence-electron chi connectivity index (χ4n) is 0.232. The minimum Gasteiger partial charge on any atom is -0.228 e. The van der Waals surface area contributed by atoms with Crippen molar-refractivity contribution >= 4 is 10.0 Å². The Hall–Kier alpha value is -0.0900. The van der Waals surface area contributed by atoms with Crippen molar-refractivity contribution in [3.8, 4) is 0 Å². The molecule has 8 heavy (non-hydrogen) atoms. The van der Waals surface area contributed by atoms with Gasteiger partial charge in [-0.15, -0.1) is 0 Å². The van der Waals surface area contributed by atoms with Crippen molar-refractivity contribution < 1.29 is 8.42 Å². The molecule has 4 heteroatoms. The summed E-state index contributed by atoms with van der Waals surface area (Å²) in [4.78, 5) is 0. The summed E-state index contributed by atoms with van der Waals surface area (Å²) in [5, 5.41) is 4.36. The van der Waals surface area contributed by atoms with Crippen LogP contribution in [0.25, 0.3) is 0 Å². The lowest BCUT2D eigenvalue weighted by Gasteiger charge is -2.01.